The van der Waals surface area contributed by atoms with Crippen molar-refractivity contribution in [2.75, 3.05) is 6.61 Å². The summed E-state index contributed by atoms with van der Waals surface area (Å²) >= 11 is 0. The second kappa shape index (κ2) is 4.98. The Hall–Kier alpha value is -0.0400. The molecule has 0 spiro atoms. The van der Waals surface area contributed by atoms with Crippen LogP contribution in [0, 0.1) is 40.4 Å². The highest BCUT2D eigenvalue weighted by atomic mass is 16.3. The summed E-state index contributed by atoms with van der Waals surface area (Å²) in [7, 11) is 0. The maximum atomic E-state index is 10.0. The van der Waals surface area contributed by atoms with E-state index in [4.69, 9.17) is 0 Å². The summed E-state index contributed by atoms with van der Waals surface area (Å²) in [5.74, 6) is 4.32. The molecule has 0 saturated heterocycles. The number of fused-ring (bicyclic) bond motifs is 5. The van der Waals surface area contributed by atoms with Crippen LogP contribution >= 0.6 is 0 Å². The zero-order chi connectivity index (χ0) is 14.7. The SMILES string of the molecule is C[C@@]12CCC[C@H]1[C@@H]1C[C@H](CO)C3CCCC[C@]3(C)[C@H]1CC2. The van der Waals surface area contributed by atoms with Gasteiger partial charge in [-0.3, -0.25) is 0 Å². The van der Waals surface area contributed by atoms with Gasteiger partial charge in [0.05, 0.1) is 0 Å². The fourth-order valence-corrected chi connectivity index (χ4v) is 7.76. The quantitative estimate of drug-likeness (QED) is 0.718. The lowest BCUT2D eigenvalue weighted by Crippen LogP contribution is -2.55. The van der Waals surface area contributed by atoms with Crippen LogP contribution in [0.2, 0.25) is 0 Å². The highest BCUT2D eigenvalue weighted by Crippen LogP contribution is 2.67. The Labute approximate surface area is 130 Å². The molecule has 4 aliphatic carbocycles. The molecular formula is C20H34O. The Morgan fingerprint density at radius 3 is 2.48 bits per heavy atom. The van der Waals surface area contributed by atoms with Crippen molar-refractivity contribution in [3.05, 3.63) is 0 Å². The van der Waals surface area contributed by atoms with Crippen LogP contribution in [0.1, 0.15) is 78.1 Å². The molecule has 1 heteroatoms. The lowest BCUT2D eigenvalue weighted by atomic mass is 9.43. The predicted octanol–water partition coefficient (Wildman–Crippen LogP) is 5.03. The average molecular weight is 290 g/mol. The van der Waals surface area contributed by atoms with Gasteiger partial charge in [-0.25, -0.2) is 0 Å². The van der Waals surface area contributed by atoms with E-state index in [1.54, 1.807) is 0 Å². The van der Waals surface area contributed by atoms with E-state index in [9.17, 15) is 5.11 Å². The first kappa shape index (κ1) is 14.5. The predicted molar refractivity (Wildman–Crippen MR) is 86.9 cm³/mol. The topological polar surface area (TPSA) is 20.2 Å². The molecule has 0 aliphatic heterocycles. The van der Waals surface area contributed by atoms with Gasteiger partial charge in [0.2, 0.25) is 0 Å². The highest BCUT2D eigenvalue weighted by Gasteiger charge is 2.59. The fraction of sp³-hybridized carbons (Fsp3) is 1.00. The summed E-state index contributed by atoms with van der Waals surface area (Å²) in [4.78, 5) is 0. The Bertz CT molecular complexity index is 405. The molecule has 0 amide bonds. The largest absolute Gasteiger partial charge is 0.396 e. The van der Waals surface area contributed by atoms with Gasteiger partial charge in [0.15, 0.2) is 0 Å². The van der Waals surface area contributed by atoms with Crippen LogP contribution < -0.4 is 0 Å². The monoisotopic (exact) mass is 290 g/mol. The van der Waals surface area contributed by atoms with E-state index in [1.165, 1.54) is 64.2 Å². The van der Waals surface area contributed by atoms with Crippen molar-refractivity contribution in [2.24, 2.45) is 40.4 Å². The summed E-state index contributed by atoms with van der Waals surface area (Å²) in [6.45, 7) is 5.66. The minimum atomic E-state index is 0.451. The van der Waals surface area contributed by atoms with Gasteiger partial charge in [-0.1, -0.05) is 33.1 Å². The van der Waals surface area contributed by atoms with E-state index < -0.39 is 0 Å². The van der Waals surface area contributed by atoms with E-state index in [0.29, 0.717) is 23.4 Å². The van der Waals surface area contributed by atoms with Gasteiger partial charge in [0.25, 0.3) is 0 Å². The van der Waals surface area contributed by atoms with Crippen molar-refractivity contribution in [1.82, 2.24) is 0 Å². The first-order chi connectivity index (χ1) is 10.1. The van der Waals surface area contributed by atoms with Gasteiger partial charge in [0.1, 0.15) is 0 Å². The zero-order valence-electron chi connectivity index (χ0n) is 14.1. The van der Waals surface area contributed by atoms with Crippen LogP contribution in [-0.4, -0.2) is 11.7 Å². The second-order valence-electron chi connectivity index (χ2n) is 9.50. The number of hydrogen-bond acceptors (Lipinski definition) is 1. The van der Waals surface area contributed by atoms with E-state index >= 15 is 0 Å². The molecule has 0 aromatic rings. The molecular weight excluding hydrogens is 256 g/mol. The van der Waals surface area contributed by atoms with Crippen LogP contribution in [0.5, 0.6) is 0 Å². The normalized spacial score (nSPS) is 56.4. The number of aliphatic hydroxyl groups excluding tert-OH is 1. The van der Waals surface area contributed by atoms with Crippen LogP contribution in [0.25, 0.3) is 0 Å². The van der Waals surface area contributed by atoms with E-state index in [0.717, 1.165) is 23.7 Å². The first-order valence-corrected chi connectivity index (χ1v) is 9.69. The molecule has 4 rings (SSSR count). The first-order valence-electron chi connectivity index (χ1n) is 9.69. The maximum absolute atomic E-state index is 10.0. The molecule has 0 aromatic heterocycles. The molecule has 0 radical (unpaired) electrons. The van der Waals surface area contributed by atoms with Crippen molar-refractivity contribution in [3.8, 4) is 0 Å². The Balaban J connectivity index is 1.68. The molecule has 120 valence electrons. The summed E-state index contributed by atoms with van der Waals surface area (Å²) in [5.41, 5.74) is 1.21. The van der Waals surface area contributed by atoms with Gasteiger partial charge in [0, 0.05) is 6.61 Å². The van der Waals surface area contributed by atoms with Crippen molar-refractivity contribution >= 4 is 0 Å². The van der Waals surface area contributed by atoms with Crippen molar-refractivity contribution in [3.63, 3.8) is 0 Å². The highest BCUT2D eigenvalue weighted by molar-refractivity contribution is 5.08. The van der Waals surface area contributed by atoms with Gasteiger partial charge >= 0.3 is 0 Å². The fourth-order valence-electron chi connectivity index (χ4n) is 7.76. The third kappa shape index (κ3) is 1.98. The Morgan fingerprint density at radius 1 is 0.857 bits per heavy atom. The molecule has 0 aromatic carbocycles. The Morgan fingerprint density at radius 2 is 1.67 bits per heavy atom. The summed E-state index contributed by atoms with van der Waals surface area (Å²) in [6, 6.07) is 0. The minimum absolute atomic E-state index is 0.451. The van der Waals surface area contributed by atoms with Gasteiger partial charge in [-0.05, 0) is 85.4 Å². The summed E-state index contributed by atoms with van der Waals surface area (Å²) in [5, 5.41) is 10.0. The lowest BCUT2D eigenvalue weighted by molar-refractivity contribution is -0.136. The minimum Gasteiger partial charge on any atom is -0.396 e. The molecule has 1 N–H and O–H groups in total. The molecule has 4 aliphatic rings. The van der Waals surface area contributed by atoms with Crippen LogP contribution in [0.4, 0.5) is 0 Å². The van der Waals surface area contributed by atoms with Crippen molar-refractivity contribution in [2.45, 2.75) is 78.1 Å². The van der Waals surface area contributed by atoms with Crippen LogP contribution in [0.3, 0.4) is 0 Å². The molecule has 1 unspecified atom stereocenters. The van der Waals surface area contributed by atoms with Crippen molar-refractivity contribution < 1.29 is 5.11 Å². The van der Waals surface area contributed by atoms with E-state index in [-0.39, 0.29) is 0 Å². The molecule has 4 fully saturated rings. The van der Waals surface area contributed by atoms with Crippen LogP contribution in [-0.2, 0) is 0 Å². The van der Waals surface area contributed by atoms with Gasteiger partial charge in [-0.2, -0.15) is 0 Å². The smallest absolute Gasteiger partial charge is 0.0462 e. The van der Waals surface area contributed by atoms with E-state index in [1.807, 2.05) is 0 Å². The second-order valence-corrected chi connectivity index (χ2v) is 9.50. The molecule has 0 heterocycles. The number of rotatable bonds is 1. The van der Waals surface area contributed by atoms with Gasteiger partial charge < -0.3 is 5.11 Å². The third-order valence-corrected chi connectivity index (χ3v) is 8.77. The molecule has 0 bridgehead atoms. The van der Waals surface area contributed by atoms with Crippen molar-refractivity contribution in [1.29, 1.82) is 0 Å². The molecule has 4 saturated carbocycles. The van der Waals surface area contributed by atoms with Crippen LogP contribution in [0.15, 0.2) is 0 Å². The molecule has 21 heavy (non-hydrogen) atoms. The number of hydrogen-bond donors (Lipinski definition) is 1. The lowest BCUT2D eigenvalue weighted by Gasteiger charge is -2.62. The zero-order valence-corrected chi connectivity index (χ0v) is 14.1. The average Bonchev–Trinajstić information content (AvgIpc) is 2.87. The molecule has 1 nitrogen and oxygen atoms in total. The summed E-state index contributed by atoms with van der Waals surface area (Å²) in [6.07, 6.45) is 14.4. The van der Waals surface area contributed by atoms with E-state index in [2.05, 4.69) is 13.8 Å². The number of aliphatic hydroxyl groups is 1. The maximum Gasteiger partial charge on any atom is 0.0462 e. The Kier molecular flexibility index (Phi) is 3.45. The summed E-state index contributed by atoms with van der Waals surface area (Å²) < 4.78 is 0. The third-order valence-electron chi connectivity index (χ3n) is 8.77. The molecule has 7 atom stereocenters. The van der Waals surface area contributed by atoms with Gasteiger partial charge in [-0.15, -0.1) is 0 Å². The standard InChI is InChI=1S/C20H34O/c1-19-9-5-7-17(19)15-12-14(13-21)16-6-3-4-10-20(16,2)18(15)8-11-19/h14-18,21H,3-13H2,1-2H3/t14-,15+,16?,17+,18+,19+,20+/m1/s1.